The molecule has 1 amide bonds. The fourth-order valence-electron chi connectivity index (χ4n) is 2.25. The summed E-state index contributed by atoms with van der Waals surface area (Å²) in [5.74, 6) is -1.77. The van der Waals surface area contributed by atoms with Crippen molar-refractivity contribution in [3.8, 4) is 11.5 Å². The number of rotatable bonds is 3. The molecule has 128 valence electrons. The number of aromatic hydroxyl groups is 2. The number of carbonyl (C=O) groups excluding carboxylic acids is 2. The summed E-state index contributed by atoms with van der Waals surface area (Å²) in [6.07, 6.45) is -1.04. The second-order valence-corrected chi connectivity index (χ2v) is 6.62. The van der Waals surface area contributed by atoms with Crippen molar-refractivity contribution in [3.63, 3.8) is 0 Å². The second-order valence-electron chi connectivity index (χ2n) is 6.62. The highest BCUT2D eigenvalue weighted by atomic mass is 16.5. The molecule has 24 heavy (non-hydrogen) atoms. The number of esters is 1. The molecule has 1 atom stereocenters. The first kappa shape index (κ1) is 17.6. The third-order valence-electron chi connectivity index (χ3n) is 3.37. The lowest BCUT2D eigenvalue weighted by molar-refractivity contribution is -0.130. The number of carbonyl (C=O) groups is 2. The molecule has 0 spiro atoms. The van der Waals surface area contributed by atoms with Gasteiger partial charge in [0.15, 0.2) is 6.10 Å². The van der Waals surface area contributed by atoms with E-state index in [9.17, 15) is 19.8 Å². The predicted octanol–water partition coefficient (Wildman–Crippen LogP) is 2.71. The monoisotopic (exact) mass is 331 g/mol. The molecule has 2 aromatic rings. The minimum Gasteiger partial charge on any atom is -0.507 e. The number of phenols is 2. The topological polar surface area (TPSA) is 95.9 Å². The van der Waals surface area contributed by atoms with Gasteiger partial charge in [-0.1, -0.05) is 24.3 Å². The molecule has 6 nitrogen and oxygen atoms in total. The highest BCUT2D eigenvalue weighted by Gasteiger charge is 2.25. The normalized spacial score (nSPS) is 12.7. The van der Waals surface area contributed by atoms with Gasteiger partial charge in [0.25, 0.3) is 5.91 Å². The molecule has 0 saturated carbocycles. The van der Waals surface area contributed by atoms with Gasteiger partial charge < -0.3 is 20.3 Å². The summed E-state index contributed by atoms with van der Waals surface area (Å²) in [6, 6.07) is 7.72. The summed E-state index contributed by atoms with van der Waals surface area (Å²) in [5.41, 5.74) is -0.650. The minimum atomic E-state index is -1.04. The molecule has 2 aromatic carbocycles. The Kier molecular flexibility index (Phi) is 4.68. The van der Waals surface area contributed by atoms with Crippen molar-refractivity contribution in [2.24, 2.45) is 0 Å². The van der Waals surface area contributed by atoms with Crippen LogP contribution in [0, 0.1) is 0 Å². The Morgan fingerprint density at radius 3 is 2.29 bits per heavy atom. The van der Waals surface area contributed by atoms with E-state index in [4.69, 9.17) is 4.74 Å². The van der Waals surface area contributed by atoms with Gasteiger partial charge in [-0.3, -0.25) is 4.79 Å². The third-order valence-corrected chi connectivity index (χ3v) is 3.37. The van der Waals surface area contributed by atoms with Gasteiger partial charge in [0.2, 0.25) is 0 Å². The van der Waals surface area contributed by atoms with E-state index in [1.165, 1.54) is 6.92 Å². The zero-order valence-corrected chi connectivity index (χ0v) is 14.1. The Labute approximate surface area is 140 Å². The van der Waals surface area contributed by atoms with Crippen LogP contribution in [0.3, 0.4) is 0 Å². The average Bonchev–Trinajstić information content (AvgIpc) is 2.49. The molecule has 2 rings (SSSR count). The van der Waals surface area contributed by atoms with Crippen molar-refractivity contribution in [2.75, 3.05) is 0 Å². The Bertz CT molecular complexity index is 792. The van der Waals surface area contributed by atoms with Gasteiger partial charge in [-0.25, -0.2) is 4.79 Å². The van der Waals surface area contributed by atoms with E-state index in [1.807, 2.05) is 20.8 Å². The maximum Gasteiger partial charge on any atom is 0.342 e. The van der Waals surface area contributed by atoms with Crippen molar-refractivity contribution in [1.82, 2.24) is 5.32 Å². The Morgan fingerprint density at radius 1 is 1.12 bits per heavy atom. The molecule has 0 aromatic heterocycles. The quantitative estimate of drug-likeness (QED) is 0.594. The molecule has 3 N–H and O–H groups in total. The second kappa shape index (κ2) is 6.39. The van der Waals surface area contributed by atoms with Crippen LogP contribution in [-0.4, -0.2) is 33.7 Å². The van der Waals surface area contributed by atoms with Crippen molar-refractivity contribution >= 4 is 22.6 Å². The van der Waals surface area contributed by atoms with E-state index in [-0.39, 0.29) is 17.1 Å². The van der Waals surface area contributed by atoms with Gasteiger partial charge in [-0.15, -0.1) is 0 Å². The fourth-order valence-corrected chi connectivity index (χ4v) is 2.25. The van der Waals surface area contributed by atoms with E-state index in [1.54, 1.807) is 24.3 Å². The van der Waals surface area contributed by atoms with Crippen molar-refractivity contribution < 1.29 is 24.5 Å². The standard InChI is InChI=1S/C18H21NO5/c1-10(16(22)19-18(2,3)4)24-17(23)13-9-14(20)11-7-5-6-8-12(11)15(13)21/h5-10,20-21H,1-4H3,(H,19,22)/t10-/m0/s1. The van der Waals surface area contributed by atoms with Crippen LogP contribution in [0.1, 0.15) is 38.1 Å². The van der Waals surface area contributed by atoms with Crippen LogP contribution >= 0.6 is 0 Å². The molecule has 0 aliphatic rings. The smallest absolute Gasteiger partial charge is 0.342 e. The highest BCUT2D eigenvalue weighted by molar-refractivity contribution is 6.04. The van der Waals surface area contributed by atoms with E-state index in [0.29, 0.717) is 10.8 Å². The number of phenolic OH excluding ortho intramolecular Hbond substituents is 2. The van der Waals surface area contributed by atoms with Gasteiger partial charge in [0.1, 0.15) is 17.1 Å². The lowest BCUT2D eigenvalue weighted by Gasteiger charge is -2.23. The summed E-state index contributed by atoms with van der Waals surface area (Å²) in [5, 5.41) is 23.7. The first-order chi connectivity index (χ1) is 11.1. The Morgan fingerprint density at radius 2 is 1.71 bits per heavy atom. The predicted molar refractivity (Wildman–Crippen MR) is 90.1 cm³/mol. The average molecular weight is 331 g/mol. The van der Waals surface area contributed by atoms with Gasteiger partial charge in [0.05, 0.1) is 0 Å². The van der Waals surface area contributed by atoms with E-state index in [0.717, 1.165) is 6.07 Å². The number of hydrogen-bond acceptors (Lipinski definition) is 5. The number of amides is 1. The summed E-state index contributed by atoms with van der Waals surface area (Å²) >= 11 is 0. The highest BCUT2D eigenvalue weighted by Crippen LogP contribution is 2.35. The fraction of sp³-hybridized carbons (Fsp3) is 0.333. The van der Waals surface area contributed by atoms with Crippen LogP contribution in [0.2, 0.25) is 0 Å². The van der Waals surface area contributed by atoms with Crippen molar-refractivity contribution in [1.29, 1.82) is 0 Å². The van der Waals surface area contributed by atoms with Crippen LogP contribution < -0.4 is 5.32 Å². The summed E-state index contributed by atoms with van der Waals surface area (Å²) in [6.45, 7) is 6.88. The van der Waals surface area contributed by atoms with Crippen LogP contribution in [-0.2, 0) is 9.53 Å². The summed E-state index contributed by atoms with van der Waals surface area (Å²) in [7, 11) is 0. The lowest BCUT2D eigenvalue weighted by atomic mass is 10.0. The zero-order valence-electron chi connectivity index (χ0n) is 14.1. The molecule has 0 aliphatic carbocycles. The molecule has 0 saturated heterocycles. The molecule has 0 fully saturated rings. The van der Waals surface area contributed by atoms with Crippen LogP contribution in [0.5, 0.6) is 11.5 Å². The zero-order chi connectivity index (χ0) is 18.1. The first-order valence-corrected chi connectivity index (χ1v) is 7.57. The molecule has 6 heteroatoms. The summed E-state index contributed by atoms with van der Waals surface area (Å²) < 4.78 is 5.11. The Hall–Kier alpha value is -2.76. The molecular formula is C18H21NO5. The van der Waals surface area contributed by atoms with E-state index >= 15 is 0 Å². The maximum atomic E-state index is 12.3. The SMILES string of the molecule is C[C@H](OC(=O)c1cc(O)c2ccccc2c1O)C(=O)NC(C)(C)C. The molecule has 0 radical (unpaired) electrons. The van der Waals surface area contributed by atoms with Gasteiger partial charge >= 0.3 is 5.97 Å². The maximum absolute atomic E-state index is 12.3. The number of nitrogens with one attached hydrogen (secondary N) is 1. The van der Waals surface area contributed by atoms with Gasteiger partial charge in [0, 0.05) is 16.3 Å². The number of hydrogen-bond donors (Lipinski definition) is 3. The molecule has 0 unspecified atom stereocenters. The third kappa shape index (κ3) is 3.76. The molecule has 0 bridgehead atoms. The van der Waals surface area contributed by atoms with Crippen molar-refractivity contribution in [3.05, 3.63) is 35.9 Å². The molecular weight excluding hydrogens is 310 g/mol. The minimum absolute atomic E-state index is 0.151. The van der Waals surface area contributed by atoms with E-state index < -0.39 is 23.5 Å². The van der Waals surface area contributed by atoms with Gasteiger partial charge in [-0.2, -0.15) is 0 Å². The van der Waals surface area contributed by atoms with E-state index in [2.05, 4.69) is 5.32 Å². The Balaban J connectivity index is 2.26. The van der Waals surface area contributed by atoms with Crippen LogP contribution in [0.25, 0.3) is 10.8 Å². The van der Waals surface area contributed by atoms with Crippen LogP contribution in [0.4, 0.5) is 0 Å². The molecule has 0 aliphatic heterocycles. The largest absolute Gasteiger partial charge is 0.507 e. The summed E-state index contributed by atoms with van der Waals surface area (Å²) in [4.78, 5) is 24.3. The number of ether oxygens (including phenoxy) is 1. The molecule has 0 heterocycles. The lowest BCUT2D eigenvalue weighted by Crippen LogP contribution is -2.46. The van der Waals surface area contributed by atoms with Crippen molar-refractivity contribution in [2.45, 2.75) is 39.3 Å². The number of benzene rings is 2. The first-order valence-electron chi connectivity index (χ1n) is 7.57. The van der Waals surface area contributed by atoms with Gasteiger partial charge in [-0.05, 0) is 33.8 Å². The van der Waals surface area contributed by atoms with Crippen LogP contribution in [0.15, 0.2) is 30.3 Å². The number of fused-ring (bicyclic) bond motifs is 1.